The highest BCUT2D eigenvalue weighted by Gasteiger charge is 2.12. The van der Waals surface area contributed by atoms with Crippen LogP contribution in [0.1, 0.15) is 0 Å². The van der Waals surface area contributed by atoms with Gasteiger partial charge in [-0.1, -0.05) is 47.0 Å². The number of aromatic nitrogens is 2. The van der Waals surface area contributed by atoms with Gasteiger partial charge < -0.3 is 9.15 Å². The fraction of sp³-hybridized carbons (Fsp3) is 0.0625. The molecule has 0 radical (unpaired) electrons. The number of benzene rings is 2. The highest BCUT2D eigenvalue weighted by molar-refractivity contribution is 6.32. The highest BCUT2D eigenvalue weighted by Crippen LogP contribution is 2.23. The summed E-state index contributed by atoms with van der Waals surface area (Å²) in [5, 5.41) is 10.6. The van der Waals surface area contributed by atoms with Gasteiger partial charge in [0.1, 0.15) is 5.75 Å². The zero-order chi connectivity index (χ0) is 16.1. The van der Waals surface area contributed by atoms with Crippen molar-refractivity contribution in [1.82, 2.24) is 10.2 Å². The van der Waals surface area contributed by atoms with Gasteiger partial charge in [0, 0.05) is 5.56 Å². The lowest BCUT2D eigenvalue weighted by atomic mass is 10.2. The van der Waals surface area contributed by atoms with Crippen molar-refractivity contribution in [1.29, 1.82) is 0 Å². The summed E-state index contributed by atoms with van der Waals surface area (Å²) in [4.78, 5) is 11.8. The van der Waals surface area contributed by atoms with Crippen LogP contribution in [-0.4, -0.2) is 22.7 Å². The molecule has 0 saturated heterocycles. The zero-order valence-corrected chi connectivity index (χ0v) is 12.7. The first-order valence-electron chi connectivity index (χ1n) is 6.78. The predicted molar refractivity (Wildman–Crippen MR) is 85.3 cm³/mol. The number of halogens is 1. The third kappa shape index (κ3) is 3.87. The zero-order valence-electron chi connectivity index (χ0n) is 11.9. The van der Waals surface area contributed by atoms with Crippen LogP contribution in [0.25, 0.3) is 11.5 Å². The van der Waals surface area contributed by atoms with Gasteiger partial charge in [-0.25, -0.2) is 0 Å². The van der Waals surface area contributed by atoms with Gasteiger partial charge in [0.2, 0.25) is 5.89 Å². The third-order valence-corrected chi connectivity index (χ3v) is 3.20. The molecule has 6 nitrogen and oxygen atoms in total. The van der Waals surface area contributed by atoms with Crippen molar-refractivity contribution in [2.75, 3.05) is 11.9 Å². The van der Waals surface area contributed by atoms with Crippen molar-refractivity contribution < 1.29 is 13.9 Å². The lowest BCUT2D eigenvalue weighted by Crippen LogP contribution is -2.20. The van der Waals surface area contributed by atoms with Crippen LogP contribution in [0.4, 0.5) is 6.01 Å². The number of para-hydroxylation sites is 1. The number of nitrogens with one attached hydrogen (secondary N) is 1. The molecule has 23 heavy (non-hydrogen) atoms. The molecule has 3 aromatic rings. The first-order valence-corrected chi connectivity index (χ1v) is 7.16. The van der Waals surface area contributed by atoms with Crippen LogP contribution in [0.5, 0.6) is 5.75 Å². The van der Waals surface area contributed by atoms with Crippen LogP contribution in [0.3, 0.4) is 0 Å². The van der Waals surface area contributed by atoms with Gasteiger partial charge in [0.25, 0.3) is 5.91 Å². The molecule has 3 rings (SSSR count). The first kappa shape index (κ1) is 15.1. The Labute approximate surface area is 137 Å². The summed E-state index contributed by atoms with van der Waals surface area (Å²) < 4.78 is 10.7. The van der Waals surface area contributed by atoms with E-state index in [1.165, 1.54) is 0 Å². The summed E-state index contributed by atoms with van der Waals surface area (Å²) in [5.41, 5.74) is 0.771. The van der Waals surface area contributed by atoms with Crippen molar-refractivity contribution >= 4 is 23.5 Å². The Morgan fingerprint density at radius 3 is 2.61 bits per heavy atom. The van der Waals surface area contributed by atoms with E-state index in [1.807, 2.05) is 30.3 Å². The Morgan fingerprint density at radius 1 is 1.09 bits per heavy atom. The number of ether oxygens (including phenoxy) is 1. The molecule has 0 aliphatic rings. The standard InChI is InChI=1S/C16H12ClN3O3/c17-12-8-4-5-9-13(12)22-10-14(21)18-16-20-19-15(23-16)11-6-2-1-3-7-11/h1-9H,10H2,(H,18,20,21). The van der Waals surface area contributed by atoms with Crippen molar-refractivity contribution in [3.8, 4) is 17.2 Å². The van der Waals surface area contributed by atoms with E-state index >= 15 is 0 Å². The minimum Gasteiger partial charge on any atom is -0.482 e. The number of hydrogen-bond acceptors (Lipinski definition) is 5. The number of hydrogen-bond donors (Lipinski definition) is 1. The fourth-order valence-corrected chi connectivity index (χ4v) is 2.02. The van der Waals surface area contributed by atoms with Crippen LogP contribution in [-0.2, 0) is 4.79 Å². The minimum absolute atomic E-state index is 0.0108. The number of carbonyl (C=O) groups excluding carboxylic acids is 1. The summed E-state index contributed by atoms with van der Waals surface area (Å²) in [6.07, 6.45) is 0. The normalized spacial score (nSPS) is 10.3. The molecular weight excluding hydrogens is 318 g/mol. The number of amides is 1. The average molecular weight is 330 g/mol. The molecule has 0 fully saturated rings. The summed E-state index contributed by atoms with van der Waals surface area (Å²) in [5.74, 6) is 0.334. The van der Waals surface area contributed by atoms with Crippen LogP contribution in [0.15, 0.2) is 59.0 Å². The summed E-state index contributed by atoms with van der Waals surface area (Å²) in [6.45, 7) is -0.215. The van der Waals surface area contributed by atoms with E-state index in [2.05, 4.69) is 15.5 Å². The fourth-order valence-electron chi connectivity index (χ4n) is 1.83. The maximum Gasteiger partial charge on any atom is 0.322 e. The predicted octanol–water partition coefficient (Wildman–Crippen LogP) is 3.41. The second-order valence-electron chi connectivity index (χ2n) is 4.55. The molecule has 0 unspecified atom stereocenters. The molecule has 7 heteroatoms. The van der Waals surface area contributed by atoms with E-state index in [4.69, 9.17) is 20.8 Å². The van der Waals surface area contributed by atoms with Crippen LogP contribution >= 0.6 is 11.6 Å². The second-order valence-corrected chi connectivity index (χ2v) is 4.95. The third-order valence-electron chi connectivity index (χ3n) is 2.89. The summed E-state index contributed by atoms with van der Waals surface area (Å²) in [6, 6.07) is 16.2. The van der Waals surface area contributed by atoms with Gasteiger partial charge in [-0.05, 0) is 24.3 Å². The van der Waals surface area contributed by atoms with Crippen LogP contribution in [0.2, 0.25) is 5.02 Å². The molecule has 0 aliphatic heterocycles. The van der Waals surface area contributed by atoms with E-state index in [-0.39, 0.29) is 12.6 Å². The average Bonchev–Trinajstić information content (AvgIpc) is 3.03. The Balaban J connectivity index is 1.58. The maximum atomic E-state index is 11.8. The largest absolute Gasteiger partial charge is 0.482 e. The topological polar surface area (TPSA) is 77.2 Å². The number of rotatable bonds is 5. The van der Waals surface area contributed by atoms with Gasteiger partial charge >= 0.3 is 6.01 Å². The Hall–Kier alpha value is -2.86. The molecule has 1 heterocycles. The monoisotopic (exact) mass is 329 g/mol. The maximum absolute atomic E-state index is 11.8. The van der Waals surface area contributed by atoms with E-state index in [0.29, 0.717) is 16.7 Å². The number of nitrogens with zero attached hydrogens (tertiary/aromatic N) is 2. The van der Waals surface area contributed by atoms with E-state index < -0.39 is 5.91 Å². The lowest BCUT2D eigenvalue weighted by molar-refractivity contribution is -0.118. The summed E-state index contributed by atoms with van der Waals surface area (Å²) >= 11 is 5.94. The lowest BCUT2D eigenvalue weighted by Gasteiger charge is -2.06. The van der Waals surface area contributed by atoms with Gasteiger partial charge in [-0.2, -0.15) is 0 Å². The number of carbonyl (C=O) groups is 1. The molecule has 1 aromatic heterocycles. The van der Waals surface area contributed by atoms with E-state index in [9.17, 15) is 4.79 Å². The number of anilines is 1. The van der Waals surface area contributed by atoms with Crippen molar-refractivity contribution in [2.24, 2.45) is 0 Å². The first-order chi connectivity index (χ1) is 11.2. The summed E-state index contributed by atoms with van der Waals surface area (Å²) in [7, 11) is 0. The van der Waals surface area contributed by atoms with Gasteiger partial charge in [0.05, 0.1) is 5.02 Å². The molecule has 0 saturated carbocycles. The van der Waals surface area contributed by atoms with Crippen molar-refractivity contribution in [3.05, 3.63) is 59.6 Å². The molecule has 0 aliphatic carbocycles. The molecular formula is C16H12ClN3O3. The smallest absolute Gasteiger partial charge is 0.322 e. The molecule has 0 atom stereocenters. The van der Waals surface area contributed by atoms with E-state index in [0.717, 1.165) is 5.56 Å². The van der Waals surface area contributed by atoms with Crippen LogP contribution < -0.4 is 10.1 Å². The van der Waals surface area contributed by atoms with Gasteiger partial charge in [-0.15, -0.1) is 5.10 Å². The van der Waals surface area contributed by atoms with E-state index in [1.54, 1.807) is 24.3 Å². The highest BCUT2D eigenvalue weighted by atomic mass is 35.5. The minimum atomic E-state index is -0.423. The van der Waals surface area contributed by atoms with Crippen LogP contribution in [0, 0.1) is 0 Å². The quantitative estimate of drug-likeness (QED) is 0.776. The molecule has 2 aromatic carbocycles. The molecule has 1 amide bonds. The Kier molecular flexibility index (Phi) is 4.54. The molecule has 1 N–H and O–H groups in total. The second kappa shape index (κ2) is 6.93. The molecule has 0 spiro atoms. The van der Waals surface area contributed by atoms with Gasteiger partial charge in [0.15, 0.2) is 6.61 Å². The Morgan fingerprint density at radius 2 is 1.83 bits per heavy atom. The van der Waals surface area contributed by atoms with Gasteiger partial charge in [-0.3, -0.25) is 10.1 Å². The molecule has 0 bridgehead atoms. The Bertz CT molecular complexity index is 805. The molecule has 116 valence electrons. The van der Waals surface area contributed by atoms with Crippen molar-refractivity contribution in [3.63, 3.8) is 0 Å². The van der Waals surface area contributed by atoms with Crippen molar-refractivity contribution in [2.45, 2.75) is 0 Å². The SMILES string of the molecule is O=C(COc1ccccc1Cl)Nc1nnc(-c2ccccc2)o1.